The molecule has 4 nitrogen and oxygen atoms in total. The van der Waals surface area contributed by atoms with Gasteiger partial charge in [-0.1, -0.05) is 23.9 Å². The Morgan fingerprint density at radius 3 is 2.65 bits per heavy atom. The van der Waals surface area contributed by atoms with Gasteiger partial charge in [0.05, 0.1) is 6.04 Å². The number of rotatable bonds is 3. The second-order valence-corrected chi connectivity index (χ2v) is 7.63. The van der Waals surface area contributed by atoms with Crippen LogP contribution in [0.2, 0.25) is 0 Å². The zero-order valence-corrected chi connectivity index (χ0v) is 14.2. The van der Waals surface area contributed by atoms with Crippen LogP contribution in [0.1, 0.15) is 32.3 Å². The molecule has 124 valence electrons. The van der Waals surface area contributed by atoms with E-state index < -0.39 is 4.75 Å². The summed E-state index contributed by atoms with van der Waals surface area (Å²) in [5.74, 6) is 0.0845. The Labute approximate surface area is 139 Å². The van der Waals surface area contributed by atoms with Crippen LogP contribution in [0.25, 0.3) is 0 Å². The number of ether oxygens (including phenoxy) is 1. The minimum absolute atomic E-state index is 0.105. The van der Waals surface area contributed by atoms with Gasteiger partial charge in [-0.05, 0) is 50.3 Å². The molecule has 1 aromatic rings. The number of aliphatic imine (C=N–C) groups is 1. The van der Waals surface area contributed by atoms with E-state index in [0.29, 0.717) is 11.1 Å². The first-order chi connectivity index (χ1) is 11.0. The topological polar surface area (TPSA) is 50.7 Å². The molecule has 1 amide bonds. The fourth-order valence-electron chi connectivity index (χ4n) is 2.99. The van der Waals surface area contributed by atoms with Crippen LogP contribution in [0.5, 0.6) is 0 Å². The number of hydrogen-bond donors (Lipinski definition) is 1. The van der Waals surface area contributed by atoms with Gasteiger partial charge >= 0.3 is 0 Å². The molecule has 2 saturated heterocycles. The molecule has 0 bridgehead atoms. The van der Waals surface area contributed by atoms with Crippen LogP contribution in [-0.4, -0.2) is 30.3 Å². The number of benzene rings is 1. The van der Waals surface area contributed by atoms with Gasteiger partial charge in [0.1, 0.15) is 10.6 Å². The van der Waals surface area contributed by atoms with Crippen molar-refractivity contribution in [1.82, 2.24) is 5.32 Å². The summed E-state index contributed by atoms with van der Waals surface area (Å²) in [7, 11) is 0. The standard InChI is InChI=1S/C17H21FN2O2S/c1-11(12-7-9-22-10-8-12)19-16-20-15(21)17(2,23-16)13-3-5-14(18)6-4-13/h3-6,11-12H,7-10H2,1-2H3,(H,19,20,21). The van der Waals surface area contributed by atoms with Gasteiger partial charge in [0, 0.05) is 13.2 Å². The maximum atomic E-state index is 13.1. The van der Waals surface area contributed by atoms with Crippen molar-refractivity contribution in [2.45, 2.75) is 37.5 Å². The molecule has 2 fully saturated rings. The molecule has 0 aliphatic carbocycles. The zero-order chi connectivity index (χ0) is 16.4. The largest absolute Gasteiger partial charge is 0.381 e. The van der Waals surface area contributed by atoms with Crippen LogP contribution in [-0.2, 0) is 14.3 Å². The Bertz CT molecular complexity index is 614. The van der Waals surface area contributed by atoms with Crippen LogP contribution < -0.4 is 5.32 Å². The van der Waals surface area contributed by atoms with E-state index in [1.807, 2.05) is 6.92 Å². The predicted molar refractivity (Wildman–Crippen MR) is 89.9 cm³/mol. The summed E-state index contributed by atoms with van der Waals surface area (Å²) in [6, 6.07) is 6.24. The van der Waals surface area contributed by atoms with Crippen molar-refractivity contribution in [3.63, 3.8) is 0 Å². The van der Waals surface area contributed by atoms with Crippen molar-refractivity contribution in [3.05, 3.63) is 35.6 Å². The highest BCUT2D eigenvalue weighted by atomic mass is 32.2. The Balaban J connectivity index is 1.75. The Morgan fingerprint density at radius 2 is 2.00 bits per heavy atom. The molecule has 2 unspecified atom stereocenters. The lowest BCUT2D eigenvalue weighted by Crippen LogP contribution is -2.32. The third-order valence-corrected chi connectivity index (χ3v) is 5.85. The number of hydrogen-bond acceptors (Lipinski definition) is 4. The smallest absolute Gasteiger partial charge is 0.246 e. The van der Waals surface area contributed by atoms with Crippen molar-refractivity contribution in [3.8, 4) is 0 Å². The number of thioether (sulfide) groups is 1. The minimum atomic E-state index is -0.762. The summed E-state index contributed by atoms with van der Waals surface area (Å²) < 4.78 is 17.7. The SMILES string of the molecule is CC(N=C1NC(=O)C(C)(c2ccc(F)cc2)S1)C1CCOCC1. The molecule has 3 rings (SSSR count). The molecule has 0 radical (unpaired) electrons. The summed E-state index contributed by atoms with van der Waals surface area (Å²) in [6.45, 7) is 5.50. The van der Waals surface area contributed by atoms with Gasteiger partial charge in [0.25, 0.3) is 0 Å². The van der Waals surface area contributed by atoms with Gasteiger partial charge in [-0.25, -0.2) is 4.39 Å². The van der Waals surface area contributed by atoms with E-state index in [1.54, 1.807) is 12.1 Å². The minimum Gasteiger partial charge on any atom is -0.381 e. The van der Waals surface area contributed by atoms with E-state index in [9.17, 15) is 9.18 Å². The van der Waals surface area contributed by atoms with Gasteiger partial charge in [-0.15, -0.1) is 0 Å². The molecule has 2 aliphatic rings. The van der Waals surface area contributed by atoms with Gasteiger partial charge in [0.15, 0.2) is 5.17 Å². The van der Waals surface area contributed by atoms with Crippen molar-refractivity contribution in [2.24, 2.45) is 10.9 Å². The predicted octanol–water partition coefficient (Wildman–Crippen LogP) is 3.08. The van der Waals surface area contributed by atoms with Crippen LogP contribution in [0.15, 0.2) is 29.3 Å². The molecule has 2 heterocycles. The lowest BCUT2D eigenvalue weighted by atomic mass is 9.93. The van der Waals surface area contributed by atoms with Crippen molar-refractivity contribution in [2.75, 3.05) is 13.2 Å². The Hall–Kier alpha value is -1.40. The molecule has 0 spiro atoms. The van der Waals surface area contributed by atoms with Gasteiger partial charge in [0.2, 0.25) is 5.91 Å². The molecule has 2 aliphatic heterocycles. The average molecular weight is 336 g/mol. The molecule has 6 heteroatoms. The van der Waals surface area contributed by atoms with Gasteiger partial charge < -0.3 is 10.1 Å². The summed E-state index contributed by atoms with van der Waals surface area (Å²) in [6.07, 6.45) is 2.01. The van der Waals surface area contributed by atoms with E-state index in [0.717, 1.165) is 31.6 Å². The first kappa shape index (κ1) is 16.5. The normalized spacial score (nSPS) is 28.8. The lowest BCUT2D eigenvalue weighted by Gasteiger charge is -2.25. The fourth-order valence-corrected chi connectivity index (χ4v) is 4.13. The van der Waals surface area contributed by atoms with Crippen molar-refractivity contribution in [1.29, 1.82) is 0 Å². The van der Waals surface area contributed by atoms with Crippen LogP contribution in [0.3, 0.4) is 0 Å². The van der Waals surface area contributed by atoms with E-state index in [4.69, 9.17) is 9.73 Å². The highest BCUT2D eigenvalue weighted by Gasteiger charge is 2.44. The van der Waals surface area contributed by atoms with Crippen LogP contribution >= 0.6 is 11.8 Å². The van der Waals surface area contributed by atoms with E-state index in [2.05, 4.69) is 12.2 Å². The quantitative estimate of drug-likeness (QED) is 0.923. The highest BCUT2D eigenvalue weighted by Crippen LogP contribution is 2.41. The van der Waals surface area contributed by atoms with Crippen molar-refractivity contribution >= 4 is 22.8 Å². The third kappa shape index (κ3) is 3.43. The monoisotopic (exact) mass is 336 g/mol. The Morgan fingerprint density at radius 1 is 1.35 bits per heavy atom. The maximum Gasteiger partial charge on any atom is 0.246 e. The van der Waals surface area contributed by atoms with Gasteiger partial charge in [-0.3, -0.25) is 9.79 Å². The molecule has 1 N–H and O–H groups in total. The highest BCUT2D eigenvalue weighted by molar-refractivity contribution is 8.15. The number of carbonyl (C=O) groups excluding carboxylic acids is 1. The second kappa shape index (κ2) is 6.61. The first-order valence-corrected chi connectivity index (χ1v) is 8.73. The average Bonchev–Trinajstić information content (AvgIpc) is 2.84. The molecule has 1 aromatic carbocycles. The molecule has 2 atom stereocenters. The fraction of sp³-hybridized carbons (Fsp3) is 0.529. The Kier molecular flexibility index (Phi) is 4.73. The molecular formula is C17H21FN2O2S. The molecule has 23 heavy (non-hydrogen) atoms. The number of carbonyl (C=O) groups is 1. The van der Waals surface area contributed by atoms with E-state index >= 15 is 0 Å². The number of halogens is 1. The summed E-state index contributed by atoms with van der Waals surface area (Å²) in [5, 5.41) is 3.53. The van der Waals surface area contributed by atoms with E-state index in [-0.39, 0.29) is 17.8 Å². The van der Waals surface area contributed by atoms with Gasteiger partial charge in [-0.2, -0.15) is 0 Å². The number of nitrogens with one attached hydrogen (secondary N) is 1. The lowest BCUT2D eigenvalue weighted by molar-refractivity contribution is -0.121. The summed E-state index contributed by atoms with van der Waals surface area (Å²) in [5.41, 5.74) is 0.783. The molecule has 0 aromatic heterocycles. The maximum absolute atomic E-state index is 13.1. The second-order valence-electron chi connectivity index (χ2n) is 6.22. The molecule has 0 saturated carbocycles. The van der Waals surface area contributed by atoms with Crippen LogP contribution in [0, 0.1) is 11.7 Å². The first-order valence-electron chi connectivity index (χ1n) is 7.91. The van der Waals surface area contributed by atoms with Crippen LogP contribution in [0.4, 0.5) is 4.39 Å². The summed E-state index contributed by atoms with van der Waals surface area (Å²) >= 11 is 1.41. The zero-order valence-electron chi connectivity index (χ0n) is 13.3. The van der Waals surface area contributed by atoms with Crippen molar-refractivity contribution < 1.29 is 13.9 Å². The third-order valence-electron chi connectivity index (χ3n) is 4.62. The van der Waals surface area contributed by atoms with E-state index in [1.165, 1.54) is 23.9 Å². The number of amides is 1. The molecular weight excluding hydrogens is 315 g/mol. The summed E-state index contributed by atoms with van der Waals surface area (Å²) in [4.78, 5) is 17.1. The number of nitrogens with zero attached hydrogens (tertiary/aromatic N) is 1. The number of amidine groups is 1.